The van der Waals surface area contributed by atoms with Gasteiger partial charge >= 0.3 is 0 Å². The lowest BCUT2D eigenvalue weighted by molar-refractivity contribution is 0.102. The number of aromatic nitrogens is 1. The van der Waals surface area contributed by atoms with E-state index in [0.29, 0.717) is 28.5 Å². The number of nitrogens with zero attached hydrogens (tertiary/aromatic N) is 1. The monoisotopic (exact) mass is 460 g/mol. The van der Waals surface area contributed by atoms with Crippen molar-refractivity contribution < 1.29 is 19.0 Å². The van der Waals surface area contributed by atoms with Crippen LogP contribution in [-0.2, 0) is 0 Å². The molecule has 1 heterocycles. The smallest absolute Gasteiger partial charge is 0.255 e. The van der Waals surface area contributed by atoms with E-state index in [4.69, 9.17) is 19.2 Å². The molecule has 0 saturated carbocycles. The van der Waals surface area contributed by atoms with Gasteiger partial charge < -0.3 is 19.5 Å². The molecule has 0 unspecified atom stereocenters. The first-order valence-corrected chi connectivity index (χ1v) is 11.1. The number of carbonyl (C=O) groups is 1. The van der Waals surface area contributed by atoms with Crippen LogP contribution in [0.5, 0.6) is 17.2 Å². The minimum absolute atomic E-state index is 0.279. The van der Waals surface area contributed by atoms with Crippen molar-refractivity contribution in [1.29, 1.82) is 0 Å². The fraction of sp³-hybridized carbons (Fsp3) is 0.154. The minimum Gasteiger partial charge on any atom is -0.493 e. The third kappa shape index (κ3) is 4.68. The Balaban J connectivity index is 1.54. The number of ether oxygens (including phenoxy) is 3. The van der Waals surface area contributed by atoms with Gasteiger partial charge in [0.1, 0.15) is 5.01 Å². The summed E-state index contributed by atoms with van der Waals surface area (Å²) in [4.78, 5) is 18.8. The van der Waals surface area contributed by atoms with E-state index in [1.165, 1.54) is 21.3 Å². The largest absolute Gasteiger partial charge is 0.493 e. The third-order valence-corrected chi connectivity index (χ3v) is 6.18. The molecule has 0 aliphatic rings. The van der Waals surface area contributed by atoms with E-state index < -0.39 is 0 Å². The molecular weight excluding hydrogens is 436 g/mol. The average Bonchev–Trinajstić information content (AvgIpc) is 3.25. The van der Waals surface area contributed by atoms with Crippen LogP contribution in [0.15, 0.2) is 66.7 Å². The highest BCUT2D eigenvalue weighted by Crippen LogP contribution is 2.38. The van der Waals surface area contributed by atoms with Gasteiger partial charge in [0.15, 0.2) is 11.5 Å². The number of aryl methyl sites for hydroxylation is 1. The van der Waals surface area contributed by atoms with Crippen LogP contribution >= 0.6 is 11.3 Å². The van der Waals surface area contributed by atoms with E-state index in [0.717, 1.165) is 26.7 Å². The Morgan fingerprint density at radius 3 is 2.06 bits per heavy atom. The zero-order valence-electron chi connectivity index (χ0n) is 18.8. The quantitative estimate of drug-likeness (QED) is 0.363. The normalized spacial score (nSPS) is 10.5. The van der Waals surface area contributed by atoms with Crippen LogP contribution in [0.1, 0.15) is 15.2 Å². The number of rotatable bonds is 7. The van der Waals surface area contributed by atoms with Crippen LogP contribution in [0.25, 0.3) is 21.8 Å². The number of benzene rings is 3. The SMILES string of the molecule is COc1cc(C(=O)Nc2ccc(-c3nc(-c4ccccc4)sc3C)cc2)cc(OC)c1OC. The Kier molecular flexibility index (Phi) is 6.60. The summed E-state index contributed by atoms with van der Waals surface area (Å²) in [6.45, 7) is 2.07. The van der Waals surface area contributed by atoms with Gasteiger partial charge in [-0.2, -0.15) is 0 Å². The second kappa shape index (κ2) is 9.75. The first kappa shape index (κ1) is 22.4. The van der Waals surface area contributed by atoms with Crippen LogP contribution in [0.3, 0.4) is 0 Å². The number of nitrogens with one attached hydrogen (secondary N) is 1. The summed E-state index contributed by atoms with van der Waals surface area (Å²) in [5, 5.41) is 3.90. The maximum atomic E-state index is 12.8. The lowest BCUT2D eigenvalue weighted by atomic mass is 10.1. The third-order valence-electron chi connectivity index (χ3n) is 5.16. The molecule has 33 heavy (non-hydrogen) atoms. The zero-order valence-corrected chi connectivity index (χ0v) is 19.7. The molecule has 0 spiro atoms. The first-order chi connectivity index (χ1) is 16.0. The van der Waals surface area contributed by atoms with Crippen molar-refractivity contribution in [2.45, 2.75) is 6.92 Å². The van der Waals surface area contributed by atoms with Gasteiger partial charge in [0.2, 0.25) is 5.75 Å². The van der Waals surface area contributed by atoms with Crippen LogP contribution in [0.2, 0.25) is 0 Å². The maximum Gasteiger partial charge on any atom is 0.255 e. The van der Waals surface area contributed by atoms with Crippen LogP contribution in [-0.4, -0.2) is 32.2 Å². The minimum atomic E-state index is -0.279. The molecule has 7 heteroatoms. The molecule has 0 aliphatic carbocycles. The molecule has 0 radical (unpaired) electrons. The van der Waals surface area contributed by atoms with Gasteiger partial charge in [-0.25, -0.2) is 4.98 Å². The van der Waals surface area contributed by atoms with Crippen molar-refractivity contribution in [2.75, 3.05) is 26.6 Å². The molecule has 0 fully saturated rings. The Hall–Kier alpha value is -3.84. The number of anilines is 1. The molecule has 3 aromatic carbocycles. The average molecular weight is 461 g/mol. The van der Waals surface area contributed by atoms with E-state index in [2.05, 4.69) is 24.4 Å². The highest BCUT2D eigenvalue weighted by molar-refractivity contribution is 7.15. The summed E-state index contributed by atoms with van der Waals surface area (Å²) in [7, 11) is 4.55. The molecule has 0 atom stereocenters. The molecule has 6 nitrogen and oxygen atoms in total. The van der Waals surface area contributed by atoms with Crippen molar-refractivity contribution >= 4 is 22.9 Å². The molecular formula is C26H24N2O4S. The predicted molar refractivity (Wildman–Crippen MR) is 132 cm³/mol. The number of thiazole rings is 1. The predicted octanol–water partition coefficient (Wildman–Crippen LogP) is 6.06. The highest BCUT2D eigenvalue weighted by atomic mass is 32.1. The number of hydrogen-bond donors (Lipinski definition) is 1. The highest BCUT2D eigenvalue weighted by Gasteiger charge is 2.17. The number of carbonyl (C=O) groups excluding carboxylic acids is 1. The van der Waals surface area contributed by atoms with Crippen molar-refractivity contribution in [3.8, 4) is 39.1 Å². The summed E-state index contributed by atoms with van der Waals surface area (Å²) in [6.07, 6.45) is 0. The van der Waals surface area contributed by atoms with Crippen molar-refractivity contribution in [2.24, 2.45) is 0 Å². The molecule has 1 aromatic heterocycles. The fourth-order valence-electron chi connectivity index (χ4n) is 3.50. The van der Waals surface area contributed by atoms with E-state index in [-0.39, 0.29) is 5.91 Å². The van der Waals surface area contributed by atoms with Crippen LogP contribution in [0, 0.1) is 6.92 Å². The van der Waals surface area contributed by atoms with Crippen LogP contribution in [0.4, 0.5) is 5.69 Å². The van der Waals surface area contributed by atoms with Gasteiger partial charge in [0, 0.05) is 27.3 Å². The van der Waals surface area contributed by atoms with Gasteiger partial charge in [-0.1, -0.05) is 42.5 Å². The lowest BCUT2D eigenvalue weighted by Crippen LogP contribution is -2.12. The molecule has 1 N–H and O–H groups in total. The molecule has 168 valence electrons. The van der Waals surface area contributed by atoms with Gasteiger partial charge in [0.25, 0.3) is 5.91 Å². The number of hydrogen-bond acceptors (Lipinski definition) is 6. The van der Waals surface area contributed by atoms with Crippen LogP contribution < -0.4 is 19.5 Å². The molecule has 4 aromatic rings. The summed E-state index contributed by atoms with van der Waals surface area (Å²) < 4.78 is 16.0. The van der Waals surface area contributed by atoms with E-state index >= 15 is 0 Å². The number of amides is 1. The Morgan fingerprint density at radius 2 is 1.48 bits per heavy atom. The summed E-state index contributed by atoms with van der Waals surface area (Å²) in [5.41, 5.74) is 4.12. The second-order valence-electron chi connectivity index (χ2n) is 7.24. The summed E-state index contributed by atoms with van der Waals surface area (Å²) >= 11 is 1.67. The standard InChI is InChI=1S/C26H24N2O4S/c1-16-23(28-26(33-16)18-8-6-5-7-9-18)17-10-12-20(13-11-17)27-25(29)19-14-21(30-2)24(32-4)22(15-19)31-3/h5-15H,1-4H3,(H,27,29). The van der Waals surface area contributed by atoms with Gasteiger partial charge in [-0.15, -0.1) is 11.3 Å². The van der Waals surface area contributed by atoms with Crippen molar-refractivity contribution in [3.63, 3.8) is 0 Å². The lowest BCUT2D eigenvalue weighted by Gasteiger charge is -2.14. The van der Waals surface area contributed by atoms with E-state index in [9.17, 15) is 4.79 Å². The topological polar surface area (TPSA) is 69.7 Å². The number of methoxy groups -OCH3 is 3. The molecule has 0 saturated heterocycles. The molecule has 0 bridgehead atoms. The van der Waals surface area contributed by atoms with Crippen molar-refractivity contribution in [1.82, 2.24) is 4.98 Å². The Bertz CT molecular complexity index is 1240. The molecule has 0 aliphatic heterocycles. The molecule has 1 amide bonds. The van der Waals surface area contributed by atoms with Crippen molar-refractivity contribution in [3.05, 3.63) is 77.2 Å². The summed E-state index contributed by atoms with van der Waals surface area (Å²) in [5.74, 6) is 1.00. The molecule has 4 rings (SSSR count). The fourth-order valence-corrected chi connectivity index (χ4v) is 4.44. The maximum absolute atomic E-state index is 12.8. The Labute approximate surface area is 196 Å². The van der Waals surface area contributed by atoms with Gasteiger partial charge in [-0.05, 0) is 31.2 Å². The van der Waals surface area contributed by atoms with Gasteiger partial charge in [-0.3, -0.25) is 4.79 Å². The van der Waals surface area contributed by atoms with Gasteiger partial charge in [0.05, 0.1) is 27.0 Å². The first-order valence-electron chi connectivity index (χ1n) is 10.3. The second-order valence-corrected chi connectivity index (χ2v) is 8.44. The zero-order chi connectivity index (χ0) is 23.4. The summed E-state index contributed by atoms with van der Waals surface area (Å²) in [6, 6.07) is 21.0. The van der Waals surface area contributed by atoms with E-state index in [1.807, 2.05) is 42.5 Å². The van der Waals surface area contributed by atoms with E-state index in [1.54, 1.807) is 23.5 Å². The Morgan fingerprint density at radius 1 is 0.848 bits per heavy atom.